The van der Waals surface area contributed by atoms with Crippen molar-refractivity contribution in [2.45, 2.75) is 18.6 Å². The number of aromatic nitrogens is 4. The average molecular weight is 444 g/mol. The summed E-state index contributed by atoms with van der Waals surface area (Å²) in [6, 6.07) is 20.7. The molecular weight excluding hydrogens is 422 g/mol. The number of anilines is 1. The van der Waals surface area contributed by atoms with Crippen molar-refractivity contribution >= 4 is 29.1 Å². The average Bonchev–Trinajstić information content (AvgIpc) is 3.21. The van der Waals surface area contributed by atoms with Crippen LogP contribution >= 0.6 is 11.8 Å². The molecule has 32 heavy (non-hydrogen) atoms. The highest BCUT2D eigenvalue weighted by Gasteiger charge is 2.16. The van der Waals surface area contributed by atoms with Gasteiger partial charge in [0.2, 0.25) is 5.91 Å². The molecule has 0 radical (unpaired) electrons. The molecule has 1 N–H and O–H groups in total. The van der Waals surface area contributed by atoms with E-state index in [0.717, 1.165) is 11.1 Å². The van der Waals surface area contributed by atoms with Crippen LogP contribution in [0.1, 0.15) is 22.8 Å². The quantitative estimate of drug-likeness (QED) is 0.322. The first-order chi connectivity index (χ1) is 15.6. The zero-order valence-corrected chi connectivity index (χ0v) is 18.2. The molecule has 2 aromatic carbocycles. The fourth-order valence-corrected chi connectivity index (χ4v) is 3.90. The number of carbonyl (C=O) groups excluding carboxylic acids is 2. The molecule has 1 amide bonds. The maximum absolute atomic E-state index is 12.5. The zero-order chi connectivity index (χ0) is 22.3. The minimum absolute atomic E-state index is 0.0480. The minimum atomic E-state index is -0.185. The third-order valence-corrected chi connectivity index (χ3v) is 5.69. The zero-order valence-electron chi connectivity index (χ0n) is 17.4. The number of carbonyl (C=O) groups is 2. The predicted molar refractivity (Wildman–Crippen MR) is 125 cm³/mol. The smallest absolute Gasteiger partial charge is 0.234 e. The number of benzene rings is 2. The van der Waals surface area contributed by atoms with Crippen molar-refractivity contribution in [1.29, 1.82) is 0 Å². The molecule has 4 aromatic rings. The molecule has 0 saturated heterocycles. The van der Waals surface area contributed by atoms with Crippen LogP contribution in [0.2, 0.25) is 0 Å². The number of rotatable bonds is 8. The van der Waals surface area contributed by atoms with Gasteiger partial charge < -0.3 is 5.32 Å². The van der Waals surface area contributed by atoms with Crippen LogP contribution in [0.15, 0.2) is 84.3 Å². The summed E-state index contributed by atoms with van der Waals surface area (Å²) >= 11 is 1.31. The van der Waals surface area contributed by atoms with E-state index in [9.17, 15) is 9.59 Å². The maximum atomic E-state index is 12.5. The molecular formula is C24H21N5O2S. The van der Waals surface area contributed by atoms with Crippen molar-refractivity contribution in [1.82, 2.24) is 19.7 Å². The fourth-order valence-electron chi connectivity index (χ4n) is 3.16. The second-order valence-corrected chi connectivity index (χ2v) is 8.03. The summed E-state index contributed by atoms with van der Waals surface area (Å²) in [5.74, 6) is 0.644. The van der Waals surface area contributed by atoms with Crippen molar-refractivity contribution < 1.29 is 9.59 Å². The molecule has 0 atom stereocenters. The molecule has 4 rings (SSSR count). The minimum Gasteiger partial charge on any atom is -0.325 e. The van der Waals surface area contributed by atoms with Gasteiger partial charge in [-0.3, -0.25) is 19.1 Å². The number of Topliss-reactive ketones (excluding diaryl/α,β-unsaturated/α-hetero) is 1. The van der Waals surface area contributed by atoms with Crippen LogP contribution in [0.5, 0.6) is 0 Å². The van der Waals surface area contributed by atoms with Gasteiger partial charge in [0.1, 0.15) is 0 Å². The lowest BCUT2D eigenvalue weighted by Crippen LogP contribution is -2.15. The number of amides is 1. The molecule has 2 heterocycles. The third kappa shape index (κ3) is 5.28. The van der Waals surface area contributed by atoms with Crippen molar-refractivity contribution in [2.24, 2.45) is 0 Å². The van der Waals surface area contributed by atoms with Crippen LogP contribution in [0.3, 0.4) is 0 Å². The Kier molecular flexibility index (Phi) is 6.72. The lowest BCUT2D eigenvalue weighted by Gasteiger charge is -2.11. The number of ketones is 1. The van der Waals surface area contributed by atoms with E-state index in [1.54, 1.807) is 36.7 Å². The lowest BCUT2D eigenvalue weighted by atomic mass is 10.1. The summed E-state index contributed by atoms with van der Waals surface area (Å²) in [5, 5.41) is 12.2. The summed E-state index contributed by atoms with van der Waals surface area (Å²) in [6.45, 7) is 2.08. The first-order valence-electron chi connectivity index (χ1n) is 10.0. The molecule has 0 aliphatic carbocycles. The summed E-state index contributed by atoms with van der Waals surface area (Å²) in [7, 11) is 0. The van der Waals surface area contributed by atoms with Gasteiger partial charge in [0.05, 0.1) is 12.3 Å². The van der Waals surface area contributed by atoms with E-state index in [1.165, 1.54) is 18.7 Å². The van der Waals surface area contributed by atoms with E-state index in [4.69, 9.17) is 0 Å². The van der Waals surface area contributed by atoms with E-state index in [-0.39, 0.29) is 17.4 Å². The Morgan fingerprint density at radius 1 is 0.969 bits per heavy atom. The highest BCUT2D eigenvalue weighted by molar-refractivity contribution is 7.99. The molecule has 0 bridgehead atoms. The highest BCUT2D eigenvalue weighted by Crippen LogP contribution is 2.25. The Labute approximate surface area is 189 Å². The van der Waals surface area contributed by atoms with E-state index >= 15 is 0 Å². The van der Waals surface area contributed by atoms with E-state index < -0.39 is 0 Å². The molecule has 8 heteroatoms. The van der Waals surface area contributed by atoms with Crippen LogP contribution in [0, 0.1) is 0 Å². The highest BCUT2D eigenvalue weighted by atomic mass is 32.2. The number of nitrogens with zero attached hydrogens (tertiary/aromatic N) is 4. The van der Waals surface area contributed by atoms with Crippen LogP contribution in [-0.2, 0) is 11.3 Å². The van der Waals surface area contributed by atoms with Gasteiger partial charge in [0.15, 0.2) is 16.8 Å². The van der Waals surface area contributed by atoms with Gasteiger partial charge in [-0.2, -0.15) is 0 Å². The van der Waals surface area contributed by atoms with Crippen molar-refractivity contribution in [3.63, 3.8) is 0 Å². The summed E-state index contributed by atoms with van der Waals surface area (Å²) in [5.41, 5.74) is 3.15. The number of thioether (sulfide) groups is 1. The standard InChI is InChI=1S/C24H21N5O2S/c1-17(30)20-8-5-9-21(14-20)26-22(31)16-32-24-28-27-23(19-10-12-25-13-11-19)29(24)15-18-6-3-2-4-7-18/h2-14H,15-16H2,1H3,(H,26,31). The van der Waals surface area contributed by atoms with Gasteiger partial charge in [-0.1, -0.05) is 54.2 Å². The first-order valence-corrected chi connectivity index (χ1v) is 11.0. The van der Waals surface area contributed by atoms with Crippen LogP contribution in [-0.4, -0.2) is 37.2 Å². The summed E-state index contributed by atoms with van der Waals surface area (Å²) in [6.07, 6.45) is 3.43. The van der Waals surface area contributed by atoms with Crippen LogP contribution in [0.25, 0.3) is 11.4 Å². The van der Waals surface area contributed by atoms with Gasteiger partial charge in [-0.25, -0.2) is 0 Å². The monoisotopic (exact) mass is 443 g/mol. The number of hydrogen-bond acceptors (Lipinski definition) is 6. The van der Waals surface area contributed by atoms with Gasteiger partial charge in [0, 0.05) is 29.2 Å². The second-order valence-electron chi connectivity index (χ2n) is 7.09. The van der Waals surface area contributed by atoms with E-state index in [1.807, 2.05) is 47.0 Å². The molecule has 0 aliphatic heterocycles. The molecule has 2 aromatic heterocycles. The van der Waals surface area contributed by atoms with Gasteiger partial charge >= 0.3 is 0 Å². The first kappa shape index (κ1) is 21.5. The van der Waals surface area contributed by atoms with Crippen molar-refractivity contribution in [2.75, 3.05) is 11.1 Å². The van der Waals surface area contributed by atoms with Gasteiger partial charge in [0.25, 0.3) is 0 Å². The third-order valence-electron chi connectivity index (χ3n) is 4.72. The Morgan fingerprint density at radius 3 is 2.50 bits per heavy atom. The van der Waals surface area contributed by atoms with E-state index in [2.05, 4.69) is 20.5 Å². The van der Waals surface area contributed by atoms with Gasteiger partial charge in [-0.05, 0) is 36.8 Å². The molecule has 0 aliphatic rings. The Morgan fingerprint density at radius 2 is 1.75 bits per heavy atom. The second kappa shape index (κ2) is 10.0. The Bertz CT molecular complexity index is 1230. The molecule has 0 fully saturated rings. The fraction of sp³-hybridized carbons (Fsp3) is 0.125. The maximum Gasteiger partial charge on any atom is 0.234 e. The normalized spacial score (nSPS) is 10.7. The Balaban J connectivity index is 1.51. The lowest BCUT2D eigenvalue weighted by molar-refractivity contribution is -0.113. The summed E-state index contributed by atoms with van der Waals surface area (Å²) < 4.78 is 2.00. The number of hydrogen-bond donors (Lipinski definition) is 1. The molecule has 160 valence electrons. The van der Waals surface area contributed by atoms with Crippen molar-refractivity contribution in [3.8, 4) is 11.4 Å². The topological polar surface area (TPSA) is 89.8 Å². The molecule has 0 unspecified atom stereocenters. The Hall–Kier alpha value is -3.78. The molecule has 0 saturated carbocycles. The largest absolute Gasteiger partial charge is 0.325 e. The van der Waals surface area contributed by atoms with Crippen LogP contribution < -0.4 is 5.32 Å². The van der Waals surface area contributed by atoms with Crippen LogP contribution in [0.4, 0.5) is 5.69 Å². The molecule has 7 nitrogen and oxygen atoms in total. The van der Waals surface area contributed by atoms with E-state index in [0.29, 0.717) is 28.8 Å². The SMILES string of the molecule is CC(=O)c1cccc(NC(=O)CSc2nnc(-c3ccncc3)n2Cc2ccccc2)c1. The van der Waals surface area contributed by atoms with Crippen molar-refractivity contribution in [3.05, 3.63) is 90.3 Å². The number of pyridine rings is 1. The molecule has 0 spiro atoms. The number of nitrogens with one attached hydrogen (secondary N) is 1. The predicted octanol–water partition coefficient (Wildman–Crippen LogP) is 4.32. The summed E-state index contributed by atoms with van der Waals surface area (Å²) in [4.78, 5) is 28.2. The van der Waals surface area contributed by atoms with Gasteiger partial charge in [-0.15, -0.1) is 10.2 Å².